The van der Waals surface area contributed by atoms with E-state index in [1.54, 1.807) is 0 Å². The number of halogens is 2. The van der Waals surface area contributed by atoms with E-state index in [1.165, 1.54) is 5.56 Å². The number of hydrogen-bond acceptors (Lipinski definition) is 5. The van der Waals surface area contributed by atoms with Crippen LogP contribution in [0.25, 0.3) is 0 Å². The third kappa shape index (κ3) is 9.85. The second-order valence-corrected chi connectivity index (χ2v) is 11.1. The topological polar surface area (TPSA) is 61.8 Å². The molecular weight excluding hydrogens is 490 g/mol. The summed E-state index contributed by atoms with van der Waals surface area (Å²) in [5, 5.41) is 0. The lowest BCUT2D eigenvalue weighted by Crippen LogP contribution is -2.30. The fourth-order valence-corrected chi connectivity index (χ4v) is 5.52. The van der Waals surface area contributed by atoms with Crippen LogP contribution in [0.1, 0.15) is 115 Å². The van der Waals surface area contributed by atoms with Crippen molar-refractivity contribution in [2.24, 2.45) is 5.92 Å². The molecule has 0 unspecified atom stereocenters. The normalized spacial score (nSPS) is 25.3. The molecule has 0 saturated heterocycles. The van der Waals surface area contributed by atoms with E-state index in [9.17, 15) is 18.4 Å². The zero-order valence-electron chi connectivity index (χ0n) is 23.2. The monoisotopic (exact) mass is 536 g/mol. The van der Waals surface area contributed by atoms with Crippen LogP contribution in [-0.4, -0.2) is 43.1 Å². The van der Waals surface area contributed by atoms with Crippen molar-refractivity contribution in [1.82, 2.24) is 0 Å². The summed E-state index contributed by atoms with van der Waals surface area (Å²) in [5.41, 5.74) is 1.25. The minimum absolute atomic E-state index is 0.181. The van der Waals surface area contributed by atoms with Crippen LogP contribution < -0.4 is 4.74 Å². The van der Waals surface area contributed by atoms with Gasteiger partial charge in [-0.25, -0.2) is 18.4 Å². The summed E-state index contributed by atoms with van der Waals surface area (Å²) in [6.45, 7) is 4.53. The molecule has 1 aromatic carbocycles. The van der Waals surface area contributed by atoms with Crippen LogP contribution in [0.2, 0.25) is 0 Å². The van der Waals surface area contributed by atoms with Gasteiger partial charge in [0.1, 0.15) is 18.0 Å². The van der Waals surface area contributed by atoms with Gasteiger partial charge in [0.25, 0.3) is 0 Å². The average Bonchev–Trinajstić information content (AvgIpc) is 2.93. The zero-order valence-corrected chi connectivity index (χ0v) is 23.2. The molecule has 214 valence electrons. The Hall–Kier alpha value is -2.18. The Kier molecular flexibility index (Phi) is 12.8. The minimum Gasteiger partial charge on any atom is -0.493 e. The largest absolute Gasteiger partial charge is 0.493 e. The second-order valence-electron chi connectivity index (χ2n) is 11.1. The smallest absolute Gasteiger partial charge is 0.340 e. The number of carbonyl (C=O) groups excluding carboxylic acids is 2. The summed E-state index contributed by atoms with van der Waals surface area (Å²) in [5.74, 6) is 0.231. The molecule has 3 rings (SSSR count). The number of benzene rings is 1. The molecule has 2 atom stereocenters. The third-order valence-electron chi connectivity index (χ3n) is 7.99. The molecule has 2 aliphatic rings. The van der Waals surface area contributed by atoms with Crippen LogP contribution >= 0.6 is 0 Å². The Morgan fingerprint density at radius 2 is 1.32 bits per heavy atom. The first-order valence-corrected chi connectivity index (χ1v) is 14.8. The maximum absolute atomic E-state index is 14.0. The van der Waals surface area contributed by atoms with Gasteiger partial charge in [-0.15, -0.1) is 0 Å². The van der Waals surface area contributed by atoms with Gasteiger partial charge in [0, 0.05) is 0 Å². The van der Waals surface area contributed by atoms with Gasteiger partial charge in [0.2, 0.25) is 0 Å². The van der Waals surface area contributed by atoms with Gasteiger partial charge >= 0.3 is 11.9 Å². The van der Waals surface area contributed by atoms with Gasteiger partial charge in [0.05, 0.1) is 6.61 Å². The lowest BCUT2D eigenvalue weighted by Gasteiger charge is -2.29. The van der Waals surface area contributed by atoms with Crippen LogP contribution in [0.3, 0.4) is 0 Å². The SMILES string of the molecule is CCCCC[C@H](F)C(=O)OC1CCC(COc2ccc(C3CCC(OC(=O)[C@@H](F)CCC)CC3)cc2)CC1. The molecule has 0 radical (unpaired) electrons. The van der Waals surface area contributed by atoms with Crippen molar-refractivity contribution in [1.29, 1.82) is 0 Å². The van der Waals surface area contributed by atoms with Crippen molar-refractivity contribution >= 4 is 11.9 Å². The highest BCUT2D eigenvalue weighted by Gasteiger charge is 2.29. The summed E-state index contributed by atoms with van der Waals surface area (Å²) in [6.07, 6.45) is 7.04. The first kappa shape index (κ1) is 30.4. The minimum atomic E-state index is -1.51. The van der Waals surface area contributed by atoms with Gasteiger partial charge in [-0.1, -0.05) is 45.2 Å². The fourth-order valence-electron chi connectivity index (χ4n) is 5.52. The molecule has 0 aliphatic heterocycles. The molecule has 0 spiro atoms. The number of carbonyl (C=O) groups is 2. The molecule has 0 bridgehead atoms. The van der Waals surface area contributed by atoms with Gasteiger partial charge in [0.15, 0.2) is 12.3 Å². The maximum atomic E-state index is 14.0. The molecule has 7 heteroatoms. The molecular formula is C31H46F2O5. The zero-order chi connectivity index (χ0) is 27.3. The number of unbranched alkanes of at least 4 members (excludes halogenated alkanes) is 2. The maximum Gasteiger partial charge on any atom is 0.340 e. The Labute approximate surface area is 227 Å². The molecule has 2 fully saturated rings. The molecule has 38 heavy (non-hydrogen) atoms. The number of alkyl halides is 2. The van der Waals surface area contributed by atoms with Gasteiger partial charge in [-0.3, -0.25) is 0 Å². The molecule has 2 aliphatic carbocycles. The Morgan fingerprint density at radius 3 is 1.87 bits per heavy atom. The van der Waals surface area contributed by atoms with Crippen molar-refractivity contribution in [3.8, 4) is 5.75 Å². The molecule has 5 nitrogen and oxygen atoms in total. The van der Waals surface area contributed by atoms with Crippen LogP contribution in [0.15, 0.2) is 24.3 Å². The van der Waals surface area contributed by atoms with Gasteiger partial charge in [-0.2, -0.15) is 0 Å². The highest BCUT2D eigenvalue weighted by Crippen LogP contribution is 2.35. The summed E-state index contributed by atoms with van der Waals surface area (Å²) >= 11 is 0. The van der Waals surface area contributed by atoms with E-state index in [0.29, 0.717) is 24.9 Å². The molecule has 0 heterocycles. The first-order valence-electron chi connectivity index (χ1n) is 14.8. The van der Waals surface area contributed by atoms with E-state index in [-0.39, 0.29) is 25.0 Å². The highest BCUT2D eigenvalue weighted by atomic mass is 19.1. The predicted octanol–water partition coefficient (Wildman–Crippen LogP) is 7.79. The quantitative estimate of drug-likeness (QED) is 0.179. The predicted molar refractivity (Wildman–Crippen MR) is 144 cm³/mol. The summed E-state index contributed by atoms with van der Waals surface area (Å²) < 4.78 is 44.6. The number of hydrogen-bond donors (Lipinski definition) is 0. The van der Waals surface area contributed by atoms with Crippen LogP contribution in [-0.2, 0) is 19.1 Å². The Morgan fingerprint density at radius 1 is 0.763 bits per heavy atom. The number of ether oxygens (including phenoxy) is 3. The van der Waals surface area contributed by atoms with E-state index in [2.05, 4.69) is 19.1 Å². The van der Waals surface area contributed by atoms with Crippen molar-refractivity contribution in [3.05, 3.63) is 29.8 Å². The lowest BCUT2D eigenvalue weighted by molar-refractivity contribution is -0.158. The van der Waals surface area contributed by atoms with Crippen molar-refractivity contribution < 1.29 is 32.6 Å². The molecule has 0 amide bonds. The van der Waals surface area contributed by atoms with Crippen LogP contribution in [0.5, 0.6) is 5.75 Å². The van der Waals surface area contributed by atoms with E-state index in [1.807, 2.05) is 19.1 Å². The van der Waals surface area contributed by atoms with Crippen molar-refractivity contribution in [2.75, 3.05) is 6.61 Å². The highest BCUT2D eigenvalue weighted by molar-refractivity contribution is 5.75. The molecule has 0 N–H and O–H groups in total. The second kappa shape index (κ2) is 16.0. The molecule has 1 aromatic rings. The van der Waals surface area contributed by atoms with E-state index in [0.717, 1.165) is 76.4 Å². The molecule has 2 saturated carbocycles. The Bertz CT molecular complexity index is 829. The summed E-state index contributed by atoms with van der Waals surface area (Å²) in [4.78, 5) is 23.8. The number of esters is 2. The standard InChI is InChI=1S/C31H46F2O5/c1-3-5-6-8-29(33)31(35)37-26-15-9-22(10-16-26)21-36-25-17-11-23(12-18-25)24-13-19-27(20-14-24)38-30(34)28(32)7-4-2/h11-12,17-18,22,24,26-29H,3-10,13-16,19-21H2,1-2H3/t22?,24?,26?,27?,28-,29-/m0/s1. The number of rotatable bonds is 14. The van der Waals surface area contributed by atoms with E-state index >= 15 is 0 Å². The van der Waals surface area contributed by atoms with Gasteiger partial charge in [-0.05, 0) is 100 Å². The fraction of sp³-hybridized carbons (Fsp3) is 0.742. The average molecular weight is 537 g/mol. The summed E-state index contributed by atoms with van der Waals surface area (Å²) in [7, 11) is 0. The van der Waals surface area contributed by atoms with Crippen molar-refractivity contribution in [2.45, 2.75) is 134 Å². The molecule has 0 aromatic heterocycles. The lowest BCUT2D eigenvalue weighted by atomic mass is 9.82. The van der Waals surface area contributed by atoms with Crippen molar-refractivity contribution in [3.63, 3.8) is 0 Å². The van der Waals surface area contributed by atoms with Crippen LogP contribution in [0, 0.1) is 5.92 Å². The van der Waals surface area contributed by atoms with Crippen LogP contribution in [0.4, 0.5) is 8.78 Å². The van der Waals surface area contributed by atoms with E-state index < -0.39 is 24.3 Å². The first-order chi connectivity index (χ1) is 18.4. The van der Waals surface area contributed by atoms with E-state index in [4.69, 9.17) is 14.2 Å². The van der Waals surface area contributed by atoms with Gasteiger partial charge < -0.3 is 14.2 Å². The summed E-state index contributed by atoms with van der Waals surface area (Å²) in [6, 6.07) is 8.23. The Balaban J connectivity index is 1.32. The third-order valence-corrected chi connectivity index (χ3v) is 7.99.